The van der Waals surface area contributed by atoms with Gasteiger partial charge < -0.3 is 40.3 Å². The lowest BCUT2D eigenvalue weighted by molar-refractivity contribution is -0.302. The number of aliphatic hydroxyl groups is 5. The van der Waals surface area contributed by atoms with Crippen LogP contribution in [0.25, 0.3) is 0 Å². The van der Waals surface area contributed by atoms with Crippen molar-refractivity contribution in [3.63, 3.8) is 0 Å². The lowest BCUT2D eigenvalue weighted by atomic mass is 9.99. The van der Waals surface area contributed by atoms with E-state index >= 15 is 0 Å². The average molecular weight is 1010 g/mol. The molecule has 7 atom stereocenters. The van der Waals surface area contributed by atoms with Gasteiger partial charge >= 0.3 is 0 Å². The lowest BCUT2D eigenvalue weighted by Gasteiger charge is -2.40. The quantitative estimate of drug-likeness (QED) is 0.0261. The zero-order chi connectivity index (χ0) is 52.2. The maximum atomic E-state index is 13.1. The molecule has 7 unspecified atom stereocenters. The minimum Gasteiger partial charge on any atom is -0.394 e. The number of amides is 1. The average Bonchev–Trinajstić information content (AvgIpc) is 3.38. The first-order valence-electron chi connectivity index (χ1n) is 29.8. The van der Waals surface area contributed by atoms with E-state index < -0.39 is 49.5 Å². The Hall–Kier alpha value is -2.63. The molecule has 0 bridgehead atoms. The summed E-state index contributed by atoms with van der Waals surface area (Å²) in [6.07, 6.45) is 66.2. The number of unbranched alkanes of at least 4 members (excludes halogenated alkanes) is 26. The van der Waals surface area contributed by atoms with Crippen LogP contribution in [-0.4, -0.2) is 87.5 Å². The Labute approximate surface area is 441 Å². The first kappa shape index (κ1) is 67.4. The molecule has 1 amide bonds. The van der Waals surface area contributed by atoms with Gasteiger partial charge in [-0.05, 0) is 64.2 Å². The van der Waals surface area contributed by atoms with E-state index in [0.29, 0.717) is 12.8 Å². The van der Waals surface area contributed by atoms with E-state index in [1.807, 2.05) is 0 Å². The summed E-state index contributed by atoms with van der Waals surface area (Å²) in [6, 6.07) is -0.757. The fourth-order valence-electron chi connectivity index (χ4n) is 9.09. The summed E-state index contributed by atoms with van der Waals surface area (Å²) in [7, 11) is 0. The molecule has 416 valence electrons. The van der Waals surface area contributed by atoms with E-state index in [4.69, 9.17) is 9.47 Å². The minimum atomic E-state index is -1.57. The number of ether oxygens (including phenoxy) is 2. The number of hydrogen-bond acceptors (Lipinski definition) is 8. The Morgan fingerprint density at radius 3 is 1.22 bits per heavy atom. The van der Waals surface area contributed by atoms with Gasteiger partial charge in [0.1, 0.15) is 24.4 Å². The van der Waals surface area contributed by atoms with Crippen molar-refractivity contribution in [2.75, 3.05) is 13.2 Å². The van der Waals surface area contributed by atoms with E-state index in [9.17, 15) is 30.3 Å². The normalized spacial score (nSPS) is 19.8. The molecule has 1 aliphatic heterocycles. The van der Waals surface area contributed by atoms with Crippen molar-refractivity contribution in [3.8, 4) is 0 Å². The SMILES string of the molecule is CC/C=C\C/C=C\C/C=C\C/C=C\C/C=C\C/C=C\C/C=C\CCCC(=O)NC(COC1OC(CO)C(O)C(O)C1O)C(O)CCCCCCCCCCCCCCCCCCCCCCCCCCCC. The maximum Gasteiger partial charge on any atom is 0.220 e. The molecule has 0 saturated carbocycles. The van der Waals surface area contributed by atoms with E-state index in [0.717, 1.165) is 70.6 Å². The molecule has 0 radical (unpaired) electrons. The van der Waals surface area contributed by atoms with Gasteiger partial charge in [0.2, 0.25) is 5.91 Å². The van der Waals surface area contributed by atoms with Gasteiger partial charge in [-0.3, -0.25) is 4.79 Å². The van der Waals surface area contributed by atoms with Crippen LogP contribution in [0.5, 0.6) is 0 Å². The second-order valence-corrected chi connectivity index (χ2v) is 20.4. The van der Waals surface area contributed by atoms with Gasteiger partial charge in [-0.2, -0.15) is 0 Å². The van der Waals surface area contributed by atoms with E-state index in [1.165, 1.54) is 148 Å². The summed E-state index contributed by atoms with van der Waals surface area (Å²) < 4.78 is 11.3. The van der Waals surface area contributed by atoms with E-state index in [1.54, 1.807) is 0 Å². The van der Waals surface area contributed by atoms with Crippen molar-refractivity contribution >= 4 is 5.91 Å². The molecule has 0 aromatic rings. The van der Waals surface area contributed by atoms with E-state index in [-0.39, 0.29) is 18.9 Å². The molecule has 72 heavy (non-hydrogen) atoms. The van der Waals surface area contributed by atoms with Gasteiger partial charge in [0.15, 0.2) is 6.29 Å². The van der Waals surface area contributed by atoms with Crippen LogP contribution >= 0.6 is 0 Å². The fourth-order valence-corrected chi connectivity index (χ4v) is 9.09. The third-order valence-corrected chi connectivity index (χ3v) is 13.8. The van der Waals surface area contributed by atoms with Gasteiger partial charge in [-0.25, -0.2) is 0 Å². The van der Waals surface area contributed by atoms with Crippen LogP contribution in [0, 0.1) is 0 Å². The van der Waals surface area contributed by atoms with Crippen molar-refractivity contribution in [1.29, 1.82) is 0 Å². The first-order chi connectivity index (χ1) is 35.3. The molecule has 0 aromatic carbocycles. The first-order valence-corrected chi connectivity index (χ1v) is 29.8. The number of rotatable bonds is 50. The largest absolute Gasteiger partial charge is 0.394 e. The van der Waals surface area contributed by atoms with Crippen LogP contribution in [0.3, 0.4) is 0 Å². The molecule has 0 aromatic heterocycles. The standard InChI is InChI=1S/C63H111NO8/c1-3-5-7-9-11-13-15-17-19-21-23-25-27-28-29-31-32-34-36-38-40-42-44-46-48-50-52-57(66)56(55-71-63-62(70)61(69)60(68)58(54-65)72-63)64-59(67)53-51-49-47-45-43-41-39-37-35-33-30-26-24-22-20-18-16-14-12-10-8-6-4-2/h6,8,12,14,18,20,24,26,33,35,39,41,45,47,56-58,60-63,65-66,68-70H,3-5,7,9-11,13,15-17,19,21-23,25,27-32,34,36-38,40,42-44,46,48-55H2,1-2H3,(H,64,67)/b8-6-,14-12-,20-18-,26-24-,35-33-,41-39-,47-45-. The number of aliphatic hydroxyl groups excluding tert-OH is 5. The highest BCUT2D eigenvalue weighted by Crippen LogP contribution is 2.23. The van der Waals surface area contributed by atoms with Crippen molar-refractivity contribution in [1.82, 2.24) is 5.32 Å². The molecular formula is C63H111NO8. The smallest absolute Gasteiger partial charge is 0.220 e. The molecule has 1 saturated heterocycles. The van der Waals surface area contributed by atoms with Crippen molar-refractivity contribution < 1.29 is 39.8 Å². The molecule has 9 heteroatoms. The van der Waals surface area contributed by atoms with Crippen LogP contribution in [0.1, 0.15) is 251 Å². The number of allylic oxidation sites excluding steroid dienone is 14. The summed E-state index contributed by atoms with van der Waals surface area (Å²) in [5, 5.41) is 54.7. The predicted molar refractivity (Wildman–Crippen MR) is 304 cm³/mol. The molecule has 6 N–H and O–H groups in total. The van der Waals surface area contributed by atoms with Gasteiger partial charge in [-0.1, -0.05) is 266 Å². The summed E-state index contributed by atoms with van der Waals surface area (Å²) >= 11 is 0. The van der Waals surface area contributed by atoms with E-state index in [2.05, 4.69) is 104 Å². The van der Waals surface area contributed by atoms with Gasteiger partial charge in [0, 0.05) is 6.42 Å². The zero-order valence-electron chi connectivity index (χ0n) is 46.2. The molecule has 9 nitrogen and oxygen atoms in total. The maximum absolute atomic E-state index is 13.1. The van der Waals surface area contributed by atoms with Crippen LogP contribution < -0.4 is 5.32 Å². The van der Waals surface area contributed by atoms with Crippen molar-refractivity contribution in [2.24, 2.45) is 0 Å². The molecule has 1 heterocycles. The topological polar surface area (TPSA) is 149 Å². The molecule has 0 spiro atoms. The second-order valence-electron chi connectivity index (χ2n) is 20.4. The Morgan fingerprint density at radius 1 is 0.486 bits per heavy atom. The zero-order valence-corrected chi connectivity index (χ0v) is 46.2. The monoisotopic (exact) mass is 1010 g/mol. The highest BCUT2D eigenvalue weighted by atomic mass is 16.7. The van der Waals surface area contributed by atoms with Crippen LogP contribution in [0.15, 0.2) is 85.1 Å². The Balaban J connectivity index is 2.25. The molecular weight excluding hydrogens is 899 g/mol. The summed E-state index contributed by atoms with van der Waals surface area (Å²) in [4.78, 5) is 13.1. The van der Waals surface area contributed by atoms with Crippen LogP contribution in [-0.2, 0) is 14.3 Å². The molecule has 1 rings (SSSR count). The molecule has 1 aliphatic rings. The fraction of sp³-hybridized carbons (Fsp3) is 0.762. The highest BCUT2D eigenvalue weighted by Gasteiger charge is 2.44. The van der Waals surface area contributed by atoms with Crippen molar-refractivity contribution in [2.45, 2.75) is 294 Å². The van der Waals surface area contributed by atoms with Crippen molar-refractivity contribution in [3.05, 3.63) is 85.1 Å². The van der Waals surface area contributed by atoms with Gasteiger partial charge in [0.25, 0.3) is 0 Å². The minimum absolute atomic E-state index is 0.166. The second kappa shape index (κ2) is 51.8. The summed E-state index contributed by atoms with van der Waals surface area (Å²) in [6.45, 7) is 3.71. The number of carbonyl (C=O) groups is 1. The Morgan fingerprint density at radius 2 is 0.847 bits per heavy atom. The Bertz CT molecular complexity index is 1400. The van der Waals surface area contributed by atoms with Gasteiger partial charge in [-0.15, -0.1) is 0 Å². The summed E-state index contributed by atoms with van der Waals surface area (Å²) in [5.74, 6) is -0.202. The van der Waals surface area contributed by atoms with Gasteiger partial charge in [0.05, 0.1) is 25.4 Å². The number of hydrogen-bond donors (Lipinski definition) is 6. The molecule has 1 fully saturated rings. The Kier molecular flexibility index (Phi) is 48.5. The van der Waals surface area contributed by atoms with Crippen LogP contribution in [0.4, 0.5) is 0 Å². The third kappa shape index (κ3) is 40.7. The number of nitrogens with one attached hydrogen (secondary N) is 1. The van der Waals surface area contributed by atoms with Crippen LogP contribution in [0.2, 0.25) is 0 Å². The predicted octanol–water partition coefficient (Wildman–Crippen LogP) is 15.0. The molecule has 0 aliphatic carbocycles. The third-order valence-electron chi connectivity index (χ3n) is 13.8. The lowest BCUT2D eigenvalue weighted by Crippen LogP contribution is -2.60. The highest BCUT2D eigenvalue weighted by molar-refractivity contribution is 5.76. The number of carbonyl (C=O) groups excluding carboxylic acids is 1. The summed E-state index contributed by atoms with van der Waals surface area (Å²) in [5.41, 5.74) is 0.